The van der Waals surface area contributed by atoms with E-state index in [1.165, 1.54) is 4.80 Å². The summed E-state index contributed by atoms with van der Waals surface area (Å²) in [4.78, 5) is 3.61. The number of benzene rings is 1. The highest BCUT2D eigenvalue weighted by Gasteiger charge is 2.45. The van der Waals surface area contributed by atoms with Crippen molar-refractivity contribution in [1.82, 2.24) is 30.1 Å². The van der Waals surface area contributed by atoms with E-state index in [2.05, 4.69) is 25.3 Å². The molecule has 2 fully saturated rings. The van der Waals surface area contributed by atoms with Crippen LogP contribution in [0.2, 0.25) is 0 Å². The van der Waals surface area contributed by atoms with Gasteiger partial charge >= 0.3 is 0 Å². The predicted octanol–water partition coefficient (Wildman–Crippen LogP) is 3.08. The molecule has 0 aliphatic carbocycles. The van der Waals surface area contributed by atoms with Crippen molar-refractivity contribution in [2.24, 2.45) is 0 Å². The van der Waals surface area contributed by atoms with Crippen molar-refractivity contribution >= 4 is 0 Å². The number of aromatic nitrogens is 5. The van der Waals surface area contributed by atoms with Crippen LogP contribution < -0.4 is 4.74 Å². The van der Waals surface area contributed by atoms with Crippen molar-refractivity contribution in [1.29, 1.82) is 0 Å². The molecule has 4 heterocycles. The number of nitrogens with zero attached hydrogens (tertiary/aromatic N) is 6. The molecule has 5 rings (SSSR count). The SMILES string of the molecule is Cc1cnn(-c2ccc(-c3ccc(O[C@@H]4C[C@H]5CCC[C@@H]([C@@H]4F)N5C)nn3)c(O)c2)n1. The first-order valence-electron chi connectivity index (χ1n) is 10.6. The van der Waals surface area contributed by atoms with Gasteiger partial charge in [-0.05, 0) is 45.0 Å². The van der Waals surface area contributed by atoms with Gasteiger partial charge in [-0.1, -0.05) is 6.42 Å². The minimum Gasteiger partial charge on any atom is -0.507 e. The third-order valence-corrected chi connectivity index (χ3v) is 6.37. The van der Waals surface area contributed by atoms with Crippen LogP contribution in [-0.4, -0.2) is 66.6 Å². The van der Waals surface area contributed by atoms with Gasteiger partial charge in [0, 0.05) is 36.2 Å². The number of phenols is 1. The zero-order valence-corrected chi connectivity index (χ0v) is 17.5. The van der Waals surface area contributed by atoms with Gasteiger partial charge in [0.05, 0.1) is 23.3 Å². The molecule has 0 unspecified atom stereocenters. The minimum absolute atomic E-state index is 0.0439. The largest absolute Gasteiger partial charge is 0.507 e. The maximum absolute atomic E-state index is 15.0. The fourth-order valence-corrected chi connectivity index (χ4v) is 4.67. The average Bonchev–Trinajstić information content (AvgIpc) is 3.20. The second-order valence-electron chi connectivity index (χ2n) is 8.39. The Kier molecular flexibility index (Phi) is 5.05. The third-order valence-electron chi connectivity index (χ3n) is 6.37. The average molecular weight is 424 g/mol. The Morgan fingerprint density at radius 1 is 1.16 bits per heavy atom. The molecule has 8 nitrogen and oxygen atoms in total. The van der Waals surface area contributed by atoms with E-state index in [4.69, 9.17) is 4.74 Å². The summed E-state index contributed by atoms with van der Waals surface area (Å²) in [5.41, 5.74) is 2.46. The topological polar surface area (TPSA) is 89.2 Å². The highest BCUT2D eigenvalue weighted by atomic mass is 19.1. The first-order chi connectivity index (χ1) is 15.0. The summed E-state index contributed by atoms with van der Waals surface area (Å²) >= 11 is 0. The number of aryl methyl sites for hydroxylation is 1. The van der Waals surface area contributed by atoms with E-state index in [1.807, 2.05) is 14.0 Å². The number of ether oxygens (including phenoxy) is 1. The van der Waals surface area contributed by atoms with E-state index < -0.39 is 12.3 Å². The second-order valence-corrected chi connectivity index (χ2v) is 8.39. The van der Waals surface area contributed by atoms with Crippen LogP contribution in [0.5, 0.6) is 11.6 Å². The van der Waals surface area contributed by atoms with Crippen LogP contribution in [0, 0.1) is 6.92 Å². The molecule has 1 aromatic carbocycles. The molecule has 2 aromatic heterocycles. The van der Waals surface area contributed by atoms with E-state index in [9.17, 15) is 9.50 Å². The quantitative estimate of drug-likeness (QED) is 0.688. The number of hydrogen-bond acceptors (Lipinski definition) is 7. The standard InChI is InChI=1S/C22H25FN6O2/c1-13-12-24-29(27-13)15-6-7-16(19(30)10-15)17-8-9-21(26-25-17)31-20-11-14-4-3-5-18(22(20)23)28(14)2/h6-10,12,14,18,20,22,30H,3-5,11H2,1-2H3/t14-,18+,20-,22+/m1/s1. The number of piperidine rings is 2. The first-order valence-corrected chi connectivity index (χ1v) is 10.6. The molecule has 0 amide bonds. The van der Waals surface area contributed by atoms with Crippen LogP contribution in [-0.2, 0) is 0 Å². The lowest BCUT2D eigenvalue weighted by molar-refractivity contribution is -0.0640. The molecule has 2 aliphatic rings. The zero-order chi connectivity index (χ0) is 21.5. The maximum Gasteiger partial charge on any atom is 0.233 e. The molecule has 31 heavy (non-hydrogen) atoms. The molecule has 0 spiro atoms. The smallest absolute Gasteiger partial charge is 0.233 e. The number of rotatable bonds is 4. The summed E-state index contributed by atoms with van der Waals surface area (Å²) in [5.74, 6) is 0.341. The molecule has 2 aliphatic heterocycles. The molecule has 4 atom stereocenters. The summed E-state index contributed by atoms with van der Waals surface area (Å²) < 4.78 is 20.9. The van der Waals surface area contributed by atoms with E-state index in [0.29, 0.717) is 35.3 Å². The molecule has 0 saturated carbocycles. The summed E-state index contributed by atoms with van der Waals surface area (Å²) in [7, 11) is 2.01. The summed E-state index contributed by atoms with van der Waals surface area (Å²) in [6, 6.07) is 8.77. The number of hydrogen-bond donors (Lipinski definition) is 1. The van der Waals surface area contributed by atoms with Crippen molar-refractivity contribution in [3.63, 3.8) is 0 Å². The molecule has 162 valence electrons. The summed E-state index contributed by atoms with van der Waals surface area (Å²) in [6.45, 7) is 1.85. The van der Waals surface area contributed by atoms with E-state index in [1.54, 1.807) is 36.5 Å². The van der Waals surface area contributed by atoms with E-state index >= 15 is 0 Å². The van der Waals surface area contributed by atoms with Gasteiger partial charge in [0.1, 0.15) is 11.9 Å². The molecule has 2 saturated heterocycles. The van der Waals surface area contributed by atoms with Crippen LogP contribution in [0.3, 0.4) is 0 Å². The Labute approximate surface area is 179 Å². The van der Waals surface area contributed by atoms with Crippen LogP contribution in [0.1, 0.15) is 31.4 Å². The van der Waals surface area contributed by atoms with Crippen LogP contribution in [0.15, 0.2) is 36.5 Å². The summed E-state index contributed by atoms with van der Waals surface area (Å²) in [6.07, 6.45) is 3.76. The lowest BCUT2D eigenvalue weighted by Gasteiger charge is -2.48. The van der Waals surface area contributed by atoms with Crippen LogP contribution in [0.4, 0.5) is 4.39 Å². The van der Waals surface area contributed by atoms with Gasteiger partial charge in [-0.2, -0.15) is 15.0 Å². The molecule has 2 bridgehead atoms. The zero-order valence-electron chi connectivity index (χ0n) is 17.5. The molecule has 0 radical (unpaired) electrons. The number of aromatic hydroxyl groups is 1. The molecular formula is C22H25FN6O2. The Hall–Kier alpha value is -3.07. The van der Waals surface area contributed by atoms with Gasteiger partial charge in [0.2, 0.25) is 5.88 Å². The molecule has 9 heteroatoms. The van der Waals surface area contributed by atoms with Crippen molar-refractivity contribution in [3.05, 3.63) is 42.2 Å². The van der Waals surface area contributed by atoms with Gasteiger partial charge in [0.15, 0.2) is 6.17 Å². The molecular weight excluding hydrogens is 399 g/mol. The van der Waals surface area contributed by atoms with Gasteiger partial charge in [-0.15, -0.1) is 10.2 Å². The number of phenolic OH excluding ortho intramolecular Hbond substituents is 1. The Bertz CT molecular complexity index is 1070. The normalized spacial score (nSPS) is 26.0. The minimum atomic E-state index is -1.04. The molecule has 3 aromatic rings. The number of halogens is 1. The maximum atomic E-state index is 15.0. The predicted molar refractivity (Wildman–Crippen MR) is 112 cm³/mol. The fraction of sp³-hybridized carbons (Fsp3) is 0.455. The van der Waals surface area contributed by atoms with Gasteiger partial charge in [-0.3, -0.25) is 4.90 Å². The Morgan fingerprint density at radius 2 is 2.03 bits per heavy atom. The lowest BCUT2D eigenvalue weighted by Crippen LogP contribution is -2.59. The first kappa shape index (κ1) is 19.9. The van der Waals surface area contributed by atoms with Crippen molar-refractivity contribution in [3.8, 4) is 28.6 Å². The second kappa shape index (κ2) is 7.88. The van der Waals surface area contributed by atoms with Crippen molar-refractivity contribution < 1.29 is 14.2 Å². The van der Waals surface area contributed by atoms with E-state index in [-0.39, 0.29) is 11.8 Å². The van der Waals surface area contributed by atoms with Crippen LogP contribution in [0.25, 0.3) is 16.9 Å². The fourth-order valence-electron chi connectivity index (χ4n) is 4.67. The highest BCUT2D eigenvalue weighted by molar-refractivity contribution is 5.68. The number of alkyl halides is 1. The van der Waals surface area contributed by atoms with E-state index in [0.717, 1.165) is 25.0 Å². The van der Waals surface area contributed by atoms with Crippen molar-refractivity contribution in [2.45, 2.75) is 57.0 Å². The molecule has 1 N–H and O–H groups in total. The Balaban J connectivity index is 1.31. The Morgan fingerprint density at radius 3 is 2.74 bits per heavy atom. The van der Waals surface area contributed by atoms with Gasteiger partial charge < -0.3 is 9.84 Å². The van der Waals surface area contributed by atoms with Gasteiger partial charge in [0.25, 0.3) is 0 Å². The third kappa shape index (κ3) is 3.74. The van der Waals surface area contributed by atoms with Crippen molar-refractivity contribution in [2.75, 3.05) is 7.05 Å². The number of fused-ring (bicyclic) bond motifs is 2. The van der Waals surface area contributed by atoms with Gasteiger partial charge in [-0.25, -0.2) is 4.39 Å². The van der Waals surface area contributed by atoms with Crippen LogP contribution >= 0.6 is 0 Å². The highest BCUT2D eigenvalue weighted by Crippen LogP contribution is 2.36. The summed E-state index contributed by atoms with van der Waals surface area (Å²) in [5, 5.41) is 27.2. The monoisotopic (exact) mass is 424 g/mol. The lowest BCUT2D eigenvalue weighted by atomic mass is 9.82.